The molecule has 15 heavy (non-hydrogen) atoms. The maximum atomic E-state index is 11.4. The SMILES string of the molecule is CNCC(=O)NC1CCCC(C(C)C)C1. The molecule has 3 nitrogen and oxygen atoms in total. The summed E-state index contributed by atoms with van der Waals surface area (Å²) >= 11 is 0. The number of hydrogen-bond acceptors (Lipinski definition) is 2. The van der Waals surface area contributed by atoms with Crippen molar-refractivity contribution in [1.82, 2.24) is 10.6 Å². The minimum atomic E-state index is 0.131. The summed E-state index contributed by atoms with van der Waals surface area (Å²) in [6.07, 6.45) is 4.90. The lowest BCUT2D eigenvalue weighted by molar-refractivity contribution is -0.121. The average molecular weight is 212 g/mol. The highest BCUT2D eigenvalue weighted by Crippen LogP contribution is 2.29. The molecule has 1 saturated carbocycles. The molecule has 0 saturated heterocycles. The molecule has 0 radical (unpaired) electrons. The second-order valence-corrected chi connectivity index (χ2v) is 4.97. The van der Waals surface area contributed by atoms with E-state index >= 15 is 0 Å². The second kappa shape index (κ2) is 6.11. The molecule has 0 aromatic carbocycles. The van der Waals surface area contributed by atoms with E-state index in [1.54, 1.807) is 7.05 Å². The van der Waals surface area contributed by atoms with Crippen LogP contribution in [0.1, 0.15) is 39.5 Å². The fraction of sp³-hybridized carbons (Fsp3) is 0.917. The predicted molar refractivity (Wildman–Crippen MR) is 62.7 cm³/mol. The van der Waals surface area contributed by atoms with Crippen molar-refractivity contribution in [2.75, 3.05) is 13.6 Å². The van der Waals surface area contributed by atoms with E-state index < -0.39 is 0 Å². The first-order chi connectivity index (χ1) is 7.13. The highest BCUT2D eigenvalue weighted by Gasteiger charge is 2.24. The topological polar surface area (TPSA) is 41.1 Å². The van der Waals surface area contributed by atoms with Gasteiger partial charge in [0.2, 0.25) is 5.91 Å². The minimum absolute atomic E-state index is 0.131. The summed E-state index contributed by atoms with van der Waals surface area (Å²) in [6.45, 7) is 4.99. The molecule has 2 atom stereocenters. The van der Waals surface area contributed by atoms with Crippen molar-refractivity contribution in [1.29, 1.82) is 0 Å². The summed E-state index contributed by atoms with van der Waals surface area (Å²) in [7, 11) is 1.80. The summed E-state index contributed by atoms with van der Waals surface area (Å²) in [4.78, 5) is 11.4. The van der Waals surface area contributed by atoms with Crippen molar-refractivity contribution in [2.24, 2.45) is 11.8 Å². The molecule has 1 aliphatic carbocycles. The molecule has 2 unspecified atom stereocenters. The van der Waals surface area contributed by atoms with Crippen molar-refractivity contribution < 1.29 is 4.79 Å². The van der Waals surface area contributed by atoms with Crippen molar-refractivity contribution in [3.8, 4) is 0 Å². The van der Waals surface area contributed by atoms with Crippen LogP contribution in [0.5, 0.6) is 0 Å². The number of carbonyl (C=O) groups excluding carboxylic acids is 1. The van der Waals surface area contributed by atoms with Gasteiger partial charge in [0.25, 0.3) is 0 Å². The van der Waals surface area contributed by atoms with Gasteiger partial charge in [-0.1, -0.05) is 26.7 Å². The van der Waals surface area contributed by atoms with Gasteiger partial charge in [-0.25, -0.2) is 0 Å². The molecule has 0 bridgehead atoms. The Morgan fingerprint density at radius 3 is 2.73 bits per heavy atom. The summed E-state index contributed by atoms with van der Waals surface area (Å²) < 4.78 is 0. The summed E-state index contributed by atoms with van der Waals surface area (Å²) in [6, 6.07) is 0.409. The molecular formula is C12H24N2O. The van der Waals surface area contributed by atoms with Crippen LogP contribution in [0.2, 0.25) is 0 Å². The minimum Gasteiger partial charge on any atom is -0.352 e. The average Bonchev–Trinajstić information content (AvgIpc) is 2.18. The monoisotopic (exact) mass is 212 g/mol. The molecule has 1 amide bonds. The van der Waals surface area contributed by atoms with Crippen molar-refractivity contribution in [2.45, 2.75) is 45.6 Å². The molecule has 1 fully saturated rings. The van der Waals surface area contributed by atoms with Crippen molar-refractivity contribution >= 4 is 5.91 Å². The molecule has 0 aromatic rings. The van der Waals surface area contributed by atoms with Gasteiger partial charge in [-0.05, 0) is 31.7 Å². The van der Waals surface area contributed by atoms with Gasteiger partial charge in [0, 0.05) is 6.04 Å². The van der Waals surface area contributed by atoms with Crippen LogP contribution in [0.3, 0.4) is 0 Å². The fourth-order valence-electron chi connectivity index (χ4n) is 2.40. The maximum Gasteiger partial charge on any atom is 0.234 e. The molecule has 1 rings (SSSR count). The standard InChI is InChI=1S/C12H24N2O/c1-9(2)10-5-4-6-11(7-10)14-12(15)8-13-3/h9-11,13H,4-8H2,1-3H3,(H,14,15). The number of likely N-dealkylation sites (N-methyl/N-ethyl adjacent to an activating group) is 1. The Hall–Kier alpha value is -0.570. The third-order valence-corrected chi connectivity index (χ3v) is 3.36. The zero-order chi connectivity index (χ0) is 11.3. The Bertz CT molecular complexity index is 204. The van der Waals surface area contributed by atoms with Gasteiger partial charge < -0.3 is 10.6 Å². The van der Waals surface area contributed by atoms with E-state index in [0.717, 1.165) is 24.7 Å². The van der Waals surface area contributed by atoms with E-state index in [1.807, 2.05) is 0 Å². The molecule has 1 aliphatic rings. The summed E-state index contributed by atoms with van der Waals surface area (Å²) in [5, 5.41) is 5.98. The van der Waals surface area contributed by atoms with Crippen LogP contribution < -0.4 is 10.6 Å². The summed E-state index contributed by atoms with van der Waals surface area (Å²) in [5.41, 5.74) is 0. The highest BCUT2D eigenvalue weighted by molar-refractivity contribution is 5.78. The Balaban J connectivity index is 2.33. The van der Waals surface area contributed by atoms with E-state index in [0.29, 0.717) is 12.6 Å². The number of carbonyl (C=O) groups is 1. The van der Waals surface area contributed by atoms with Crippen molar-refractivity contribution in [3.63, 3.8) is 0 Å². The Morgan fingerprint density at radius 2 is 2.13 bits per heavy atom. The third kappa shape index (κ3) is 4.20. The first kappa shape index (κ1) is 12.5. The van der Waals surface area contributed by atoms with Crippen LogP contribution in [0.4, 0.5) is 0 Å². The molecule has 0 aliphatic heterocycles. The van der Waals surface area contributed by atoms with Gasteiger partial charge in [0.1, 0.15) is 0 Å². The van der Waals surface area contributed by atoms with Crippen LogP contribution >= 0.6 is 0 Å². The van der Waals surface area contributed by atoms with E-state index in [-0.39, 0.29) is 5.91 Å². The highest BCUT2D eigenvalue weighted by atomic mass is 16.1. The quantitative estimate of drug-likeness (QED) is 0.742. The number of hydrogen-bond donors (Lipinski definition) is 2. The normalized spacial score (nSPS) is 26.7. The number of nitrogens with one attached hydrogen (secondary N) is 2. The van der Waals surface area contributed by atoms with E-state index in [4.69, 9.17) is 0 Å². The number of amides is 1. The van der Waals surface area contributed by atoms with Gasteiger partial charge >= 0.3 is 0 Å². The van der Waals surface area contributed by atoms with E-state index in [1.165, 1.54) is 12.8 Å². The van der Waals surface area contributed by atoms with Crippen LogP contribution in [0, 0.1) is 11.8 Å². The van der Waals surface area contributed by atoms with E-state index in [2.05, 4.69) is 24.5 Å². The summed E-state index contributed by atoms with van der Waals surface area (Å²) in [5.74, 6) is 1.67. The Kier molecular flexibility index (Phi) is 5.09. The van der Waals surface area contributed by atoms with Crippen LogP contribution in [-0.2, 0) is 4.79 Å². The van der Waals surface area contributed by atoms with E-state index in [9.17, 15) is 4.79 Å². The zero-order valence-electron chi connectivity index (χ0n) is 10.2. The van der Waals surface area contributed by atoms with Gasteiger partial charge in [0.15, 0.2) is 0 Å². The maximum absolute atomic E-state index is 11.4. The van der Waals surface area contributed by atoms with Crippen molar-refractivity contribution in [3.05, 3.63) is 0 Å². The van der Waals surface area contributed by atoms with Crippen LogP contribution in [0.25, 0.3) is 0 Å². The lowest BCUT2D eigenvalue weighted by atomic mass is 9.79. The van der Waals surface area contributed by atoms with Crippen LogP contribution in [-0.4, -0.2) is 25.5 Å². The lowest BCUT2D eigenvalue weighted by Crippen LogP contribution is -2.42. The van der Waals surface area contributed by atoms with Gasteiger partial charge in [0.05, 0.1) is 6.54 Å². The Labute approximate surface area is 93.0 Å². The Morgan fingerprint density at radius 1 is 1.40 bits per heavy atom. The first-order valence-electron chi connectivity index (χ1n) is 6.07. The zero-order valence-corrected chi connectivity index (χ0v) is 10.2. The molecule has 88 valence electrons. The van der Waals surface area contributed by atoms with Gasteiger partial charge in [-0.15, -0.1) is 0 Å². The first-order valence-corrected chi connectivity index (χ1v) is 6.07. The van der Waals surface area contributed by atoms with Crippen LogP contribution in [0.15, 0.2) is 0 Å². The smallest absolute Gasteiger partial charge is 0.234 e. The largest absolute Gasteiger partial charge is 0.352 e. The molecule has 0 heterocycles. The van der Waals surface area contributed by atoms with Gasteiger partial charge in [-0.2, -0.15) is 0 Å². The van der Waals surface area contributed by atoms with Gasteiger partial charge in [-0.3, -0.25) is 4.79 Å². The second-order valence-electron chi connectivity index (χ2n) is 4.97. The number of rotatable bonds is 4. The third-order valence-electron chi connectivity index (χ3n) is 3.36. The molecule has 0 spiro atoms. The predicted octanol–water partition coefficient (Wildman–Crippen LogP) is 1.54. The lowest BCUT2D eigenvalue weighted by Gasteiger charge is -2.32. The molecule has 0 aromatic heterocycles. The molecule has 3 heteroatoms. The fourth-order valence-corrected chi connectivity index (χ4v) is 2.40. The molecule has 2 N–H and O–H groups in total. The molecular weight excluding hydrogens is 188 g/mol.